The summed E-state index contributed by atoms with van der Waals surface area (Å²) in [5, 5.41) is 6.98. The van der Waals surface area contributed by atoms with Crippen LogP contribution in [0.15, 0.2) is 23.2 Å². The summed E-state index contributed by atoms with van der Waals surface area (Å²) in [4.78, 5) is 7.03. The first-order chi connectivity index (χ1) is 14.0. The minimum Gasteiger partial charge on any atom is -0.488 e. The topological polar surface area (TPSA) is 58.1 Å². The summed E-state index contributed by atoms with van der Waals surface area (Å²) in [5.74, 6) is 2.50. The summed E-state index contributed by atoms with van der Waals surface area (Å²) in [6.45, 7) is 12.2. The molecular weight excluding hydrogens is 364 g/mol. The monoisotopic (exact) mass is 402 g/mol. The highest BCUT2D eigenvalue weighted by molar-refractivity contribution is 5.79. The van der Waals surface area contributed by atoms with E-state index in [9.17, 15) is 0 Å². The third-order valence-electron chi connectivity index (χ3n) is 5.68. The number of aryl methyl sites for hydroxylation is 1. The molecule has 6 nitrogen and oxygen atoms in total. The molecule has 3 rings (SSSR count). The van der Waals surface area contributed by atoms with Crippen molar-refractivity contribution >= 4 is 5.96 Å². The molecular formula is C23H38N4O2. The van der Waals surface area contributed by atoms with E-state index in [-0.39, 0.29) is 6.10 Å². The molecule has 0 amide bonds. The van der Waals surface area contributed by atoms with E-state index in [1.54, 1.807) is 0 Å². The lowest BCUT2D eigenvalue weighted by Gasteiger charge is -2.27. The Labute approximate surface area is 176 Å². The van der Waals surface area contributed by atoms with Gasteiger partial charge in [0.05, 0.1) is 13.2 Å². The SMILES string of the molecule is CN=C(NCc1ccc(C)cc1OC1CCOC1)NC[C@H]1CCCN1CC(C)C. The molecule has 2 fully saturated rings. The van der Waals surface area contributed by atoms with Crippen molar-refractivity contribution in [1.82, 2.24) is 15.5 Å². The van der Waals surface area contributed by atoms with Crippen LogP contribution in [0.1, 0.15) is 44.2 Å². The molecule has 1 unspecified atom stereocenters. The number of aliphatic imine (C=N–C) groups is 1. The van der Waals surface area contributed by atoms with Gasteiger partial charge in [-0.25, -0.2) is 0 Å². The molecule has 0 saturated carbocycles. The van der Waals surface area contributed by atoms with Crippen molar-refractivity contribution in [2.45, 2.75) is 58.7 Å². The van der Waals surface area contributed by atoms with Crippen molar-refractivity contribution in [3.05, 3.63) is 29.3 Å². The van der Waals surface area contributed by atoms with E-state index in [0.29, 0.717) is 25.1 Å². The molecule has 2 aliphatic heterocycles. The molecule has 0 radical (unpaired) electrons. The number of ether oxygens (including phenoxy) is 2. The maximum Gasteiger partial charge on any atom is 0.191 e. The first-order valence-corrected chi connectivity index (χ1v) is 11.1. The molecule has 2 heterocycles. The summed E-state index contributed by atoms with van der Waals surface area (Å²) in [6.07, 6.45) is 3.66. The van der Waals surface area contributed by atoms with Crippen LogP contribution in [0.3, 0.4) is 0 Å². The minimum absolute atomic E-state index is 0.155. The van der Waals surface area contributed by atoms with Gasteiger partial charge in [-0.3, -0.25) is 9.89 Å². The standard InChI is InChI=1S/C23H38N4O2/c1-17(2)15-27-10-5-6-20(27)14-26-23(24-4)25-13-19-8-7-18(3)12-22(19)29-21-9-11-28-16-21/h7-8,12,17,20-21H,5-6,9-11,13-16H2,1-4H3,(H2,24,25,26)/t20-,21?/m1/s1. The maximum absolute atomic E-state index is 6.21. The molecule has 2 saturated heterocycles. The summed E-state index contributed by atoms with van der Waals surface area (Å²) in [6, 6.07) is 6.99. The van der Waals surface area contributed by atoms with Crippen LogP contribution in [0.4, 0.5) is 0 Å². The zero-order valence-corrected chi connectivity index (χ0v) is 18.5. The van der Waals surface area contributed by atoms with Crippen molar-refractivity contribution in [2.75, 3.05) is 39.9 Å². The Kier molecular flexibility index (Phi) is 8.19. The van der Waals surface area contributed by atoms with E-state index in [4.69, 9.17) is 9.47 Å². The lowest BCUT2D eigenvalue weighted by Crippen LogP contribution is -2.45. The van der Waals surface area contributed by atoms with Gasteiger partial charge in [0.2, 0.25) is 0 Å². The lowest BCUT2D eigenvalue weighted by molar-refractivity contribution is 0.140. The first kappa shape index (κ1) is 21.9. The Morgan fingerprint density at radius 3 is 2.90 bits per heavy atom. The van der Waals surface area contributed by atoms with Gasteiger partial charge in [-0.1, -0.05) is 26.0 Å². The molecule has 2 N–H and O–H groups in total. The quantitative estimate of drug-likeness (QED) is 0.517. The molecule has 0 bridgehead atoms. The van der Waals surface area contributed by atoms with E-state index >= 15 is 0 Å². The van der Waals surface area contributed by atoms with E-state index in [1.165, 1.54) is 31.5 Å². The molecule has 1 aromatic rings. The zero-order valence-electron chi connectivity index (χ0n) is 18.5. The Morgan fingerprint density at radius 1 is 1.31 bits per heavy atom. The molecule has 162 valence electrons. The predicted octanol–water partition coefficient (Wildman–Crippen LogP) is 2.95. The molecule has 0 aliphatic carbocycles. The number of hydrogen-bond acceptors (Lipinski definition) is 4. The van der Waals surface area contributed by atoms with Gasteiger partial charge in [0, 0.05) is 44.7 Å². The largest absolute Gasteiger partial charge is 0.488 e. The lowest BCUT2D eigenvalue weighted by atomic mass is 10.1. The number of guanidine groups is 1. The molecule has 1 aromatic carbocycles. The van der Waals surface area contributed by atoms with E-state index in [0.717, 1.165) is 36.8 Å². The number of rotatable bonds is 8. The molecule has 0 aromatic heterocycles. The van der Waals surface area contributed by atoms with Crippen molar-refractivity contribution in [3.8, 4) is 5.75 Å². The predicted molar refractivity (Wildman–Crippen MR) is 119 cm³/mol. The summed E-state index contributed by atoms with van der Waals surface area (Å²) < 4.78 is 11.7. The van der Waals surface area contributed by atoms with Gasteiger partial charge in [0.15, 0.2) is 5.96 Å². The van der Waals surface area contributed by atoms with Gasteiger partial charge < -0.3 is 20.1 Å². The number of nitrogens with one attached hydrogen (secondary N) is 2. The first-order valence-electron chi connectivity index (χ1n) is 11.1. The third-order valence-corrected chi connectivity index (χ3v) is 5.68. The van der Waals surface area contributed by atoms with Gasteiger partial charge in [0.1, 0.15) is 11.9 Å². The van der Waals surface area contributed by atoms with E-state index in [1.807, 2.05) is 7.05 Å². The fourth-order valence-corrected chi connectivity index (χ4v) is 4.15. The van der Waals surface area contributed by atoms with Crippen LogP contribution in [0.5, 0.6) is 5.75 Å². The Hall–Kier alpha value is -1.79. The Morgan fingerprint density at radius 2 is 2.17 bits per heavy atom. The normalized spacial score (nSPS) is 23.0. The summed E-state index contributed by atoms with van der Waals surface area (Å²) in [7, 11) is 1.83. The fourth-order valence-electron chi connectivity index (χ4n) is 4.15. The van der Waals surface area contributed by atoms with Gasteiger partial charge in [-0.15, -0.1) is 0 Å². The molecule has 29 heavy (non-hydrogen) atoms. The second-order valence-electron chi connectivity index (χ2n) is 8.71. The fraction of sp³-hybridized carbons (Fsp3) is 0.696. The average molecular weight is 403 g/mol. The third kappa shape index (κ3) is 6.61. The Bertz CT molecular complexity index is 671. The zero-order chi connectivity index (χ0) is 20.6. The number of benzene rings is 1. The summed E-state index contributed by atoms with van der Waals surface area (Å²) in [5.41, 5.74) is 2.35. The molecule has 2 aliphatic rings. The molecule has 2 atom stereocenters. The van der Waals surface area contributed by atoms with Crippen molar-refractivity contribution in [3.63, 3.8) is 0 Å². The van der Waals surface area contributed by atoms with Gasteiger partial charge >= 0.3 is 0 Å². The van der Waals surface area contributed by atoms with Crippen LogP contribution in [-0.4, -0.2) is 62.9 Å². The highest BCUT2D eigenvalue weighted by Gasteiger charge is 2.25. The minimum atomic E-state index is 0.155. The molecule has 6 heteroatoms. The number of hydrogen-bond donors (Lipinski definition) is 2. The van der Waals surface area contributed by atoms with E-state index < -0.39 is 0 Å². The number of likely N-dealkylation sites (tertiary alicyclic amines) is 1. The average Bonchev–Trinajstić information content (AvgIpc) is 3.35. The second-order valence-corrected chi connectivity index (χ2v) is 8.71. The van der Waals surface area contributed by atoms with Crippen molar-refractivity contribution < 1.29 is 9.47 Å². The van der Waals surface area contributed by atoms with E-state index in [2.05, 4.69) is 59.5 Å². The maximum atomic E-state index is 6.21. The summed E-state index contributed by atoms with van der Waals surface area (Å²) >= 11 is 0. The van der Waals surface area contributed by atoms with Gasteiger partial charge in [-0.2, -0.15) is 0 Å². The van der Waals surface area contributed by atoms with Crippen molar-refractivity contribution in [1.29, 1.82) is 0 Å². The van der Waals surface area contributed by atoms with Crippen LogP contribution in [0, 0.1) is 12.8 Å². The van der Waals surface area contributed by atoms with Crippen molar-refractivity contribution in [2.24, 2.45) is 10.9 Å². The van der Waals surface area contributed by atoms with Crippen LogP contribution in [-0.2, 0) is 11.3 Å². The highest BCUT2D eigenvalue weighted by Crippen LogP contribution is 2.24. The Balaban J connectivity index is 1.52. The van der Waals surface area contributed by atoms with Gasteiger partial charge in [-0.05, 0) is 43.9 Å². The highest BCUT2D eigenvalue weighted by atomic mass is 16.5. The second kappa shape index (κ2) is 10.8. The van der Waals surface area contributed by atoms with Crippen LogP contribution in [0.2, 0.25) is 0 Å². The van der Waals surface area contributed by atoms with Crippen LogP contribution >= 0.6 is 0 Å². The van der Waals surface area contributed by atoms with Crippen LogP contribution < -0.4 is 15.4 Å². The number of nitrogens with zero attached hydrogens (tertiary/aromatic N) is 2. The van der Waals surface area contributed by atoms with Crippen LogP contribution in [0.25, 0.3) is 0 Å². The smallest absolute Gasteiger partial charge is 0.191 e. The molecule has 0 spiro atoms. The van der Waals surface area contributed by atoms with Gasteiger partial charge in [0.25, 0.3) is 0 Å².